The third-order valence-corrected chi connectivity index (χ3v) is 3.44. The van der Waals surface area contributed by atoms with Crippen LogP contribution < -0.4 is 16.4 Å². The van der Waals surface area contributed by atoms with Crippen molar-refractivity contribution < 1.29 is 9.59 Å². The molecule has 0 saturated carbocycles. The highest BCUT2D eigenvalue weighted by Crippen LogP contribution is 2.04. The van der Waals surface area contributed by atoms with Gasteiger partial charge in [-0.2, -0.15) is 0 Å². The van der Waals surface area contributed by atoms with Gasteiger partial charge in [-0.3, -0.25) is 9.59 Å². The van der Waals surface area contributed by atoms with Gasteiger partial charge >= 0.3 is 0 Å². The fourth-order valence-electron chi connectivity index (χ4n) is 2.06. The smallest absolute Gasteiger partial charge is 0.242 e. The molecular formula is C16H33N3O2. The van der Waals surface area contributed by atoms with E-state index in [0.717, 1.165) is 44.9 Å². The van der Waals surface area contributed by atoms with Crippen molar-refractivity contribution in [3.05, 3.63) is 0 Å². The zero-order chi connectivity index (χ0) is 15.9. The van der Waals surface area contributed by atoms with Crippen molar-refractivity contribution in [1.82, 2.24) is 10.6 Å². The van der Waals surface area contributed by atoms with E-state index in [2.05, 4.69) is 24.5 Å². The molecule has 0 radical (unpaired) electrons. The molecule has 4 N–H and O–H groups in total. The molecule has 0 unspecified atom stereocenters. The summed E-state index contributed by atoms with van der Waals surface area (Å²) in [6, 6.07) is -0.385. The third-order valence-electron chi connectivity index (χ3n) is 3.44. The van der Waals surface area contributed by atoms with Crippen LogP contribution in [0, 0.1) is 0 Å². The van der Waals surface area contributed by atoms with Crippen molar-refractivity contribution in [3.8, 4) is 0 Å². The highest BCUT2D eigenvalue weighted by Gasteiger charge is 2.19. The summed E-state index contributed by atoms with van der Waals surface area (Å²) in [4.78, 5) is 24.0. The standard InChI is InChI=1S/C16H33N3O2/c1-3-5-10-14(16(21)18-13-6-4-2)19-15(20)11-8-7-9-12-17/h14H,3-13,17H2,1-2H3,(H,18,21)(H,19,20)/t14-/m0/s1. The summed E-state index contributed by atoms with van der Waals surface area (Å²) < 4.78 is 0. The number of carbonyl (C=O) groups excluding carboxylic acids is 2. The minimum Gasteiger partial charge on any atom is -0.354 e. The lowest BCUT2D eigenvalue weighted by molar-refractivity contribution is -0.129. The second-order valence-corrected chi connectivity index (χ2v) is 5.51. The number of nitrogens with one attached hydrogen (secondary N) is 2. The summed E-state index contributed by atoms with van der Waals surface area (Å²) in [5.41, 5.74) is 5.43. The van der Waals surface area contributed by atoms with Crippen LogP contribution >= 0.6 is 0 Å². The number of nitrogens with two attached hydrogens (primary N) is 1. The van der Waals surface area contributed by atoms with Gasteiger partial charge in [0, 0.05) is 13.0 Å². The van der Waals surface area contributed by atoms with E-state index in [1.807, 2.05) is 0 Å². The Labute approximate surface area is 129 Å². The molecule has 21 heavy (non-hydrogen) atoms. The van der Waals surface area contributed by atoms with Crippen molar-refractivity contribution in [2.24, 2.45) is 5.73 Å². The number of hydrogen-bond donors (Lipinski definition) is 3. The zero-order valence-electron chi connectivity index (χ0n) is 13.7. The highest BCUT2D eigenvalue weighted by atomic mass is 16.2. The first-order valence-corrected chi connectivity index (χ1v) is 8.42. The molecule has 0 aliphatic heterocycles. The Kier molecular flexibility index (Phi) is 13.1. The van der Waals surface area contributed by atoms with E-state index >= 15 is 0 Å². The van der Waals surface area contributed by atoms with Crippen LogP contribution in [0.4, 0.5) is 0 Å². The van der Waals surface area contributed by atoms with E-state index in [-0.39, 0.29) is 17.9 Å². The van der Waals surface area contributed by atoms with E-state index in [1.165, 1.54) is 0 Å². The van der Waals surface area contributed by atoms with Crippen molar-refractivity contribution in [3.63, 3.8) is 0 Å². The SMILES string of the molecule is CCCCNC(=O)[C@H](CCCC)NC(=O)CCCCCN. The van der Waals surface area contributed by atoms with Gasteiger partial charge in [0.15, 0.2) is 0 Å². The quantitative estimate of drug-likeness (QED) is 0.455. The summed E-state index contributed by atoms with van der Waals surface area (Å²) in [7, 11) is 0. The largest absolute Gasteiger partial charge is 0.354 e. The summed E-state index contributed by atoms with van der Waals surface area (Å²) >= 11 is 0. The van der Waals surface area contributed by atoms with Gasteiger partial charge in [0.1, 0.15) is 6.04 Å². The van der Waals surface area contributed by atoms with Gasteiger partial charge in [-0.15, -0.1) is 0 Å². The predicted molar refractivity (Wildman–Crippen MR) is 86.9 cm³/mol. The van der Waals surface area contributed by atoms with Crippen LogP contribution in [0.2, 0.25) is 0 Å². The Morgan fingerprint density at radius 3 is 2.33 bits per heavy atom. The Hall–Kier alpha value is -1.10. The molecule has 1 atom stereocenters. The summed E-state index contributed by atoms with van der Waals surface area (Å²) in [6.45, 7) is 5.52. The molecule has 124 valence electrons. The Bertz CT molecular complexity index is 283. The summed E-state index contributed by atoms with van der Waals surface area (Å²) in [6.07, 6.45) is 7.92. The molecule has 0 aliphatic carbocycles. The van der Waals surface area contributed by atoms with Gasteiger partial charge in [-0.25, -0.2) is 0 Å². The van der Waals surface area contributed by atoms with Crippen LogP contribution in [-0.4, -0.2) is 30.9 Å². The maximum Gasteiger partial charge on any atom is 0.242 e. The van der Waals surface area contributed by atoms with E-state index < -0.39 is 0 Å². The fraction of sp³-hybridized carbons (Fsp3) is 0.875. The Morgan fingerprint density at radius 2 is 1.71 bits per heavy atom. The molecule has 0 saturated heterocycles. The maximum absolute atomic E-state index is 12.1. The molecule has 0 aromatic carbocycles. The summed E-state index contributed by atoms with van der Waals surface area (Å²) in [5.74, 6) is -0.0778. The van der Waals surface area contributed by atoms with Gasteiger partial charge in [0.2, 0.25) is 11.8 Å². The zero-order valence-corrected chi connectivity index (χ0v) is 13.7. The van der Waals surface area contributed by atoms with Crippen LogP contribution in [0.1, 0.15) is 71.6 Å². The van der Waals surface area contributed by atoms with Crippen LogP contribution in [0.3, 0.4) is 0 Å². The molecule has 0 fully saturated rings. The second kappa shape index (κ2) is 13.9. The van der Waals surface area contributed by atoms with Gasteiger partial charge < -0.3 is 16.4 Å². The minimum atomic E-state index is -0.385. The number of unbranched alkanes of at least 4 members (excludes halogenated alkanes) is 4. The first-order valence-electron chi connectivity index (χ1n) is 8.42. The van der Waals surface area contributed by atoms with Crippen molar-refractivity contribution in [2.45, 2.75) is 77.7 Å². The van der Waals surface area contributed by atoms with Gasteiger partial charge in [0.25, 0.3) is 0 Å². The van der Waals surface area contributed by atoms with Crippen molar-refractivity contribution in [1.29, 1.82) is 0 Å². The van der Waals surface area contributed by atoms with E-state index in [9.17, 15) is 9.59 Å². The first-order chi connectivity index (χ1) is 10.2. The molecule has 0 spiro atoms. The average molecular weight is 299 g/mol. The van der Waals surface area contributed by atoms with Crippen LogP contribution in [0.5, 0.6) is 0 Å². The lowest BCUT2D eigenvalue weighted by Gasteiger charge is -2.18. The molecule has 0 aromatic heterocycles. The average Bonchev–Trinajstić information content (AvgIpc) is 2.48. The molecule has 0 aliphatic rings. The Balaban J connectivity index is 4.13. The van der Waals surface area contributed by atoms with Gasteiger partial charge in [-0.05, 0) is 32.2 Å². The molecule has 0 rings (SSSR count). The number of rotatable bonds is 13. The number of carbonyl (C=O) groups is 2. The van der Waals surface area contributed by atoms with Crippen molar-refractivity contribution in [2.75, 3.05) is 13.1 Å². The first kappa shape index (κ1) is 19.9. The molecule has 0 heterocycles. The predicted octanol–water partition coefficient (Wildman–Crippen LogP) is 2.10. The fourth-order valence-corrected chi connectivity index (χ4v) is 2.06. The van der Waals surface area contributed by atoms with E-state index in [4.69, 9.17) is 5.73 Å². The van der Waals surface area contributed by atoms with Crippen LogP contribution in [-0.2, 0) is 9.59 Å². The van der Waals surface area contributed by atoms with E-state index in [1.54, 1.807) is 0 Å². The Morgan fingerprint density at radius 1 is 1.00 bits per heavy atom. The number of hydrogen-bond acceptors (Lipinski definition) is 3. The van der Waals surface area contributed by atoms with Crippen LogP contribution in [0.25, 0.3) is 0 Å². The molecule has 5 nitrogen and oxygen atoms in total. The monoisotopic (exact) mass is 299 g/mol. The molecule has 0 aromatic rings. The van der Waals surface area contributed by atoms with Gasteiger partial charge in [0.05, 0.1) is 0 Å². The lowest BCUT2D eigenvalue weighted by Crippen LogP contribution is -2.46. The van der Waals surface area contributed by atoms with E-state index in [0.29, 0.717) is 25.9 Å². The van der Waals surface area contributed by atoms with Gasteiger partial charge in [-0.1, -0.05) is 39.5 Å². The molecular weight excluding hydrogens is 266 g/mol. The highest BCUT2D eigenvalue weighted by molar-refractivity contribution is 5.87. The normalized spacial score (nSPS) is 12.0. The minimum absolute atomic E-state index is 0.0289. The molecule has 2 amide bonds. The summed E-state index contributed by atoms with van der Waals surface area (Å²) in [5, 5.41) is 5.78. The third kappa shape index (κ3) is 11.3. The lowest BCUT2D eigenvalue weighted by atomic mass is 10.1. The molecule has 5 heteroatoms. The molecule has 0 bridgehead atoms. The maximum atomic E-state index is 12.1. The topological polar surface area (TPSA) is 84.2 Å². The van der Waals surface area contributed by atoms with Crippen LogP contribution in [0.15, 0.2) is 0 Å². The van der Waals surface area contributed by atoms with Crippen molar-refractivity contribution >= 4 is 11.8 Å². The number of amides is 2. The second-order valence-electron chi connectivity index (χ2n) is 5.51.